The number of hydrogen-bond acceptors (Lipinski definition) is 2. The molecule has 0 atom stereocenters. The van der Waals surface area contributed by atoms with Crippen molar-refractivity contribution >= 4 is 6.29 Å². The summed E-state index contributed by atoms with van der Waals surface area (Å²) in [6.07, 6.45) is 6.69. The van der Waals surface area contributed by atoms with Crippen LogP contribution < -0.4 is 0 Å². The van der Waals surface area contributed by atoms with Gasteiger partial charge in [0, 0.05) is 6.42 Å². The number of hydrogen-bond donors (Lipinski definition) is 0. The van der Waals surface area contributed by atoms with E-state index in [0.29, 0.717) is 24.5 Å². The van der Waals surface area contributed by atoms with Gasteiger partial charge in [-0.1, -0.05) is 13.8 Å². The lowest BCUT2D eigenvalue weighted by Crippen LogP contribution is -2.26. The van der Waals surface area contributed by atoms with E-state index in [2.05, 4.69) is 13.8 Å². The number of carbonyl (C=O) groups excluding carboxylic acids is 1. The van der Waals surface area contributed by atoms with Crippen LogP contribution in [0.1, 0.15) is 46.0 Å². The van der Waals surface area contributed by atoms with Crippen LogP contribution in [0.15, 0.2) is 0 Å². The first-order valence-corrected chi connectivity index (χ1v) is 5.19. The van der Waals surface area contributed by atoms with Gasteiger partial charge in [0.25, 0.3) is 0 Å². The van der Waals surface area contributed by atoms with Crippen molar-refractivity contribution < 1.29 is 9.53 Å². The highest BCUT2D eigenvalue weighted by atomic mass is 16.5. The zero-order valence-corrected chi connectivity index (χ0v) is 8.71. The Bertz CT molecular complexity index is 153. The Morgan fingerprint density at radius 3 is 2.54 bits per heavy atom. The summed E-state index contributed by atoms with van der Waals surface area (Å²) in [5, 5.41) is 0. The van der Waals surface area contributed by atoms with Gasteiger partial charge in [0.2, 0.25) is 0 Å². The highest BCUT2D eigenvalue weighted by molar-refractivity contribution is 5.49. The minimum Gasteiger partial charge on any atom is -0.378 e. The molecule has 0 radical (unpaired) electrons. The minimum atomic E-state index is 0.410. The largest absolute Gasteiger partial charge is 0.378 e. The Labute approximate surface area is 80.7 Å². The van der Waals surface area contributed by atoms with Crippen molar-refractivity contribution in [2.45, 2.75) is 52.1 Å². The standard InChI is InChI=1S/C11H20O2/c1-11(2)6-4-10(5-7-11)13-9-3-8-12/h8,10H,3-7,9H2,1-2H3. The molecule has 76 valence electrons. The van der Waals surface area contributed by atoms with Crippen LogP contribution in [0.2, 0.25) is 0 Å². The van der Waals surface area contributed by atoms with Gasteiger partial charge in [-0.3, -0.25) is 0 Å². The number of carbonyl (C=O) groups is 1. The Morgan fingerprint density at radius 2 is 2.00 bits per heavy atom. The van der Waals surface area contributed by atoms with Gasteiger partial charge in [-0.25, -0.2) is 0 Å². The average Bonchev–Trinajstić information content (AvgIpc) is 2.08. The van der Waals surface area contributed by atoms with Crippen LogP contribution in [-0.4, -0.2) is 19.0 Å². The molecule has 13 heavy (non-hydrogen) atoms. The maximum Gasteiger partial charge on any atom is 0.122 e. The molecule has 2 nitrogen and oxygen atoms in total. The second-order valence-electron chi connectivity index (χ2n) is 4.69. The SMILES string of the molecule is CC1(C)CCC(OCCC=O)CC1. The fraction of sp³-hybridized carbons (Fsp3) is 0.909. The summed E-state index contributed by atoms with van der Waals surface area (Å²) in [6, 6.07) is 0. The van der Waals surface area contributed by atoms with E-state index in [0.717, 1.165) is 19.1 Å². The van der Waals surface area contributed by atoms with Gasteiger partial charge in [-0.2, -0.15) is 0 Å². The smallest absolute Gasteiger partial charge is 0.122 e. The van der Waals surface area contributed by atoms with E-state index in [1.165, 1.54) is 12.8 Å². The van der Waals surface area contributed by atoms with Gasteiger partial charge >= 0.3 is 0 Å². The van der Waals surface area contributed by atoms with Crippen LogP contribution in [0.3, 0.4) is 0 Å². The highest BCUT2D eigenvalue weighted by Gasteiger charge is 2.26. The Balaban J connectivity index is 2.14. The van der Waals surface area contributed by atoms with Crippen LogP contribution in [0, 0.1) is 5.41 Å². The van der Waals surface area contributed by atoms with Crippen molar-refractivity contribution in [3.8, 4) is 0 Å². The molecule has 0 aliphatic heterocycles. The second kappa shape index (κ2) is 4.75. The Kier molecular flexibility index (Phi) is 3.91. The third-order valence-electron chi connectivity index (χ3n) is 2.88. The van der Waals surface area contributed by atoms with E-state index >= 15 is 0 Å². The van der Waals surface area contributed by atoms with Crippen molar-refractivity contribution in [1.82, 2.24) is 0 Å². The predicted octanol–water partition coefficient (Wildman–Crippen LogP) is 2.56. The van der Waals surface area contributed by atoms with Gasteiger partial charge in [0.1, 0.15) is 6.29 Å². The molecule has 0 spiro atoms. The number of aldehydes is 1. The van der Waals surface area contributed by atoms with E-state index in [-0.39, 0.29) is 0 Å². The van der Waals surface area contributed by atoms with Crippen molar-refractivity contribution in [2.24, 2.45) is 5.41 Å². The van der Waals surface area contributed by atoms with Gasteiger partial charge in [0.15, 0.2) is 0 Å². The van der Waals surface area contributed by atoms with E-state index in [1.54, 1.807) is 0 Å². The predicted molar refractivity (Wildman–Crippen MR) is 52.7 cm³/mol. The van der Waals surface area contributed by atoms with Crippen molar-refractivity contribution in [3.63, 3.8) is 0 Å². The van der Waals surface area contributed by atoms with Crippen LogP contribution in [0.5, 0.6) is 0 Å². The Morgan fingerprint density at radius 1 is 1.38 bits per heavy atom. The molecule has 1 fully saturated rings. The first kappa shape index (κ1) is 10.7. The zero-order chi connectivity index (χ0) is 9.73. The second-order valence-corrected chi connectivity index (χ2v) is 4.69. The van der Waals surface area contributed by atoms with E-state index in [9.17, 15) is 4.79 Å². The molecule has 0 heterocycles. The van der Waals surface area contributed by atoms with Crippen molar-refractivity contribution in [3.05, 3.63) is 0 Å². The Hall–Kier alpha value is -0.370. The molecule has 0 N–H and O–H groups in total. The third-order valence-corrected chi connectivity index (χ3v) is 2.88. The molecule has 0 aromatic carbocycles. The minimum absolute atomic E-state index is 0.410. The first-order chi connectivity index (χ1) is 6.14. The molecule has 0 bridgehead atoms. The highest BCUT2D eigenvalue weighted by Crippen LogP contribution is 2.36. The molecule has 1 aliphatic rings. The molecule has 2 heteroatoms. The van der Waals surface area contributed by atoms with E-state index in [4.69, 9.17) is 4.74 Å². The fourth-order valence-electron chi connectivity index (χ4n) is 1.82. The normalized spacial score (nSPS) is 22.9. The lowest BCUT2D eigenvalue weighted by atomic mass is 9.76. The van der Waals surface area contributed by atoms with Gasteiger partial charge in [-0.15, -0.1) is 0 Å². The number of rotatable bonds is 4. The van der Waals surface area contributed by atoms with Crippen LogP contribution in [-0.2, 0) is 9.53 Å². The summed E-state index contributed by atoms with van der Waals surface area (Å²) in [5.74, 6) is 0. The molecule has 1 saturated carbocycles. The molecule has 0 saturated heterocycles. The maximum atomic E-state index is 10.1. The average molecular weight is 184 g/mol. The molecular formula is C11H20O2. The summed E-state index contributed by atoms with van der Waals surface area (Å²) in [7, 11) is 0. The molecule has 0 amide bonds. The van der Waals surface area contributed by atoms with Crippen molar-refractivity contribution in [2.75, 3.05) is 6.61 Å². The molecule has 0 aromatic heterocycles. The monoisotopic (exact) mass is 184 g/mol. The molecule has 1 aliphatic carbocycles. The summed E-state index contributed by atoms with van der Waals surface area (Å²) < 4.78 is 5.59. The fourth-order valence-corrected chi connectivity index (χ4v) is 1.82. The van der Waals surface area contributed by atoms with Gasteiger partial charge in [0.05, 0.1) is 12.7 Å². The molecular weight excluding hydrogens is 164 g/mol. The third kappa shape index (κ3) is 3.90. The van der Waals surface area contributed by atoms with E-state index in [1.807, 2.05) is 0 Å². The summed E-state index contributed by atoms with van der Waals surface area (Å²) in [6.45, 7) is 5.23. The van der Waals surface area contributed by atoms with E-state index < -0.39 is 0 Å². The molecule has 1 rings (SSSR count). The van der Waals surface area contributed by atoms with Crippen LogP contribution in [0.25, 0.3) is 0 Å². The zero-order valence-electron chi connectivity index (χ0n) is 8.71. The lowest BCUT2D eigenvalue weighted by Gasteiger charge is -2.34. The first-order valence-electron chi connectivity index (χ1n) is 5.19. The van der Waals surface area contributed by atoms with Gasteiger partial charge < -0.3 is 9.53 Å². The summed E-state index contributed by atoms with van der Waals surface area (Å²) in [4.78, 5) is 10.1. The van der Waals surface area contributed by atoms with Crippen LogP contribution >= 0.6 is 0 Å². The van der Waals surface area contributed by atoms with Gasteiger partial charge in [-0.05, 0) is 31.1 Å². The van der Waals surface area contributed by atoms with Crippen LogP contribution in [0.4, 0.5) is 0 Å². The lowest BCUT2D eigenvalue weighted by molar-refractivity contribution is -0.109. The molecule has 0 aromatic rings. The quantitative estimate of drug-likeness (QED) is 0.496. The maximum absolute atomic E-state index is 10.1. The summed E-state index contributed by atoms with van der Waals surface area (Å²) >= 11 is 0. The molecule has 0 unspecified atom stereocenters. The topological polar surface area (TPSA) is 26.3 Å². The summed E-state index contributed by atoms with van der Waals surface area (Å²) in [5.41, 5.74) is 0.504. The number of ether oxygens (including phenoxy) is 1. The van der Waals surface area contributed by atoms with Crippen molar-refractivity contribution in [1.29, 1.82) is 0 Å².